The van der Waals surface area contributed by atoms with Gasteiger partial charge in [-0.05, 0) is 52.8 Å². The average molecular weight is 441 g/mol. The van der Waals surface area contributed by atoms with Crippen LogP contribution in [-0.4, -0.2) is 64.1 Å². The van der Waals surface area contributed by atoms with Crippen LogP contribution < -0.4 is 0 Å². The van der Waals surface area contributed by atoms with Crippen molar-refractivity contribution in [2.75, 3.05) is 26.4 Å². The summed E-state index contributed by atoms with van der Waals surface area (Å²) in [4.78, 5) is 22.8. The van der Waals surface area contributed by atoms with Gasteiger partial charge in [-0.3, -0.25) is 0 Å². The van der Waals surface area contributed by atoms with E-state index in [9.17, 15) is 4.79 Å². The minimum atomic E-state index is -2.30. The average Bonchev–Trinajstić information content (AvgIpc) is 2.61. The highest BCUT2D eigenvalue weighted by Gasteiger charge is 2.57. The first-order chi connectivity index (χ1) is 13.9. The molecule has 0 aliphatic carbocycles. The monoisotopic (exact) mass is 440 g/mol. The van der Waals surface area contributed by atoms with Crippen LogP contribution in [0.25, 0.3) is 0 Å². The van der Waals surface area contributed by atoms with Crippen LogP contribution in [0.3, 0.4) is 0 Å². The molecule has 0 fully saturated rings. The van der Waals surface area contributed by atoms with E-state index in [1.165, 1.54) is 0 Å². The van der Waals surface area contributed by atoms with Crippen molar-refractivity contribution in [3.8, 4) is 0 Å². The second kappa shape index (κ2) is 10.6. The lowest BCUT2D eigenvalue weighted by Gasteiger charge is -2.43. The quantitative estimate of drug-likeness (QED) is 0.315. The van der Waals surface area contributed by atoms with Gasteiger partial charge in [-0.15, -0.1) is 0 Å². The molecule has 0 unspecified atom stereocenters. The lowest BCUT2D eigenvalue weighted by molar-refractivity contribution is -0.149. The van der Waals surface area contributed by atoms with Crippen molar-refractivity contribution in [3.05, 3.63) is 11.6 Å². The van der Waals surface area contributed by atoms with Gasteiger partial charge in [-0.1, -0.05) is 32.4 Å². The fraction of sp³-hybridized carbons (Fsp3) is 0.773. The van der Waals surface area contributed by atoms with E-state index in [0.29, 0.717) is 19.1 Å². The number of hydrogen-bond acceptors (Lipinski definition) is 7. The smallest absolute Gasteiger partial charge is 0.346 e. The Morgan fingerprint density at radius 2 is 1.73 bits per heavy atom. The van der Waals surface area contributed by atoms with Crippen molar-refractivity contribution in [2.45, 2.75) is 85.2 Å². The Morgan fingerprint density at radius 1 is 1.13 bits per heavy atom. The summed E-state index contributed by atoms with van der Waals surface area (Å²) in [5.74, 6) is 0.0448. The van der Waals surface area contributed by atoms with E-state index in [1.807, 2.05) is 33.8 Å². The molecule has 30 heavy (non-hydrogen) atoms. The van der Waals surface area contributed by atoms with E-state index < -0.39 is 25.9 Å². The lowest BCUT2D eigenvalue weighted by Crippen LogP contribution is -2.61. The molecule has 1 heterocycles. The largest absolute Gasteiger partial charge is 0.480 e. The van der Waals surface area contributed by atoms with E-state index in [1.54, 1.807) is 6.92 Å². The van der Waals surface area contributed by atoms with Gasteiger partial charge in [-0.25, -0.2) is 14.8 Å². The van der Waals surface area contributed by atoms with Crippen molar-refractivity contribution in [1.82, 2.24) is 0 Å². The summed E-state index contributed by atoms with van der Waals surface area (Å²) >= 11 is 0. The number of esters is 1. The van der Waals surface area contributed by atoms with Gasteiger partial charge < -0.3 is 18.6 Å². The molecule has 0 radical (unpaired) electrons. The standard InChI is InChI=1S/C22H40N2O5Si/c1-11-26-18-15-23-19(27-12-2)22(24-18,20(25)28-13-3)17(14-16(4)5)29-30(9,10)21(6,7)8/h14,17H,11-13,15H2,1-10H3/t17-,22-/m1/s1. The fourth-order valence-corrected chi connectivity index (χ4v) is 4.02. The molecule has 8 heteroatoms. The summed E-state index contributed by atoms with van der Waals surface area (Å²) in [5.41, 5.74) is -0.585. The highest BCUT2D eigenvalue weighted by molar-refractivity contribution is 6.74. The third-order valence-corrected chi connectivity index (χ3v) is 9.74. The van der Waals surface area contributed by atoms with Gasteiger partial charge in [0.25, 0.3) is 5.54 Å². The van der Waals surface area contributed by atoms with Gasteiger partial charge in [0.1, 0.15) is 12.6 Å². The number of rotatable bonds is 8. The molecule has 2 atom stereocenters. The molecule has 1 rings (SSSR count). The summed E-state index contributed by atoms with van der Waals surface area (Å²) in [6.07, 6.45) is 1.19. The number of nitrogens with zero attached hydrogens (tertiary/aromatic N) is 2. The third-order valence-electron chi connectivity index (χ3n) is 5.29. The number of carbonyl (C=O) groups excluding carboxylic acids is 1. The Bertz CT molecular complexity index is 690. The van der Waals surface area contributed by atoms with E-state index in [4.69, 9.17) is 23.6 Å². The molecule has 0 aromatic carbocycles. The minimum Gasteiger partial charge on any atom is -0.480 e. The highest BCUT2D eigenvalue weighted by atomic mass is 28.4. The van der Waals surface area contributed by atoms with Crippen LogP contribution in [0.1, 0.15) is 55.4 Å². The molecule has 1 aliphatic heterocycles. The van der Waals surface area contributed by atoms with E-state index in [-0.39, 0.29) is 24.1 Å². The molecule has 0 N–H and O–H groups in total. The molecule has 0 spiro atoms. The zero-order chi connectivity index (χ0) is 23.2. The molecule has 0 saturated heterocycles. The predicted octanol–water partition coefficient (Wildman–Crippen LogP) is 4.53. The number of ether oxygens (including phenoxy) is 3. The molecule has 7 nitrogen and oxygen atoms in total. The third kappa shape index (κ3) is 5.94. The SMILES string of the molecule is CCOC(=O)[C@]1([C@@H](C=C(C)C)O[Si](C)(C)C(C)(C)C)N=C(OCC)CN=C1OCC. The van der Waals surface area contributed by atoms with Crippen molar-refractivity contribution < 1.29 is 23.4 Å². The normalized spacial score (nSPS) is 20.6. The molecular weight excluding hydrogens is 400 g/mol. The van der Waals surface area contributed by atoms with Gasteiger partial charge in [0.05, 0.1) is 19.8 Å². The van der Waals surface area contributed by atoms with Crippen LogP contribution in [0.5, 0.6) is 0 Å². The molecule has 0 aromatic rings. The highest BCUT2D eigenvalue weighted by Crippen LogP contribution is 2.40. The zero-order valence-electron chi connectivity index (χ0n) is 20.4. The van der Waals surface area contributed by atoms with Crippen molar-refractivity contribution in [1.29, 1.82) is 0 Å². The van der Waals surface area contributed by atoms with Crippen LogP contribution in [0.15, 0.2) is 21.6 Å². The summed E-state index contributed by atoms with van der Waals surface area (Å²) in [6, 6.07) is 0. The van der Waals surface area contributed by atoms with Gasteiger partial charge in [-0.2, -0.15) is 0 Å². The Kier molecular flexibility index (Phi) is 9.29. The van der Waals surface area contributed by atoms with Crippen molar-refractivity contribution in [2.24, 2.45) is 9.98 Å². The maximum absolute atomic E-state index is 13.5. The van der Waals surface area contributed by atoms with E-state index in [2.05, 4.69) is 38.9 Å². The van der Waals surface area contributed by atoms with Crippen LogP contribution in [0.2, 0.25) is 18.1 Å². The Balaban J connectivity index is 3.77. The first-order valence-corrected chi connectivity index (χ1v) is 13.7. The number of carbonyl (C=O) groups is 1. The molecular formula is C22H40N2O5Si. The maximum atomic E-state index is 13.5. The second-order valence-electron chi connectivity index (χ2n) is 9.02. The molecule has 172 valence electrons. The maximum Gasteiger partial charge on any atom is 0.346 e. The topological polar surface area (TPSA) is 78.7 Å². The molecule has 0 aromatic heterocycles. The van der Waals surface area contributed by atoms with Crippen LogP contribution >= 0.6 is 0 Å². The van der Waals surface area contributed by atoms with Crippen molar-refractivity contribution >= 4 is 26.1 Å². The first kappa shape index (κ1) is 26.4. The fourth-order valence-electron chi connectivity index (χ4n) is 2.79. The first-order valence-electron chi connectivity index (χ1n) is 10.7. The van der Waals surface area contributed by atoms with Gasteiger partial charge in [0.2, 0.25) is 11.8 Å². The summed E-state index contributed by atoms with van der Waals surface area (Å²) in [7, 11) is -2.30. The summed E-state index contributed by atoms with van der Waals surface area (Å²) in [5, 5.41) is -0.0688. The summed E-state index contributed by atoms with van der Waals surface area (Å²) < 4.78 is 23.8. The predicted molar refractivity (Wildman–Crippen MR) is 124 cm³/mol. The molecule has 0 bridgehead atoms. The van der Waals surface area contributed by atoms with Gasteiger partial charge in [0, 0.05) is 0 Å². The number of allylic oxidation sites excluding steroid dienone is 1. The Morgan fingerprint density at radius 3 is 2.20 bits per heavy atom. The van der Waals surface area contributed by atoms with Crippen LogP contribution in [-0.2, 0) is 23.4 Å². The van der Waals surface area contributed by atoms with E-state index >= 15 is 0 Å². The van der Waals surface area contributed by atoms with Crippen LogP contribution in [0, 0.1) is 0 Å². The van der Waals surface area contributed by atoms with Crippen LogP contribution in [0.4, 0.5) is 0 Å². The summed E-state index contributed by atoms with van der Waals surface area (Å²) in [6.45, 7) is 21.4. The minimum absolute atomic E-state index is 0.0688. The second-order valence-corrected chi connectivity index (χ2v) is 13.8. The number of aliphatic imine (C=N–C) groups is 2. The van der Waals surface area contributed by atoms with Crippen molar-refractivity contribution in [3.63, 3.8) is 0 Å². The Labute approximate surface area is 183 Å². The number of hydrogen-bond donors (Lipinski definition) is 0. The van der Waals surface area contributed by atoms with Gasteiger partial charge in [0.15, 0.2) is 8.32 Å². The molecule has 0 amide bonds. The molecule has 0 saturated carbocycles. The zero-order valence-corrected chi connectivity index (χ0v) is 21.4. The van der Waals surface area contributed by atoms with Gasteiger partial charge >= 0.3 is 5.97 Å². The Hall–Kier alpha value is -1.67. The molecule has 1 aliphatic rings. The van der Waals surface area contributed by atoms with E-state index in [0.717, 1.165) is 5.57 Å². The lowest BCUT2D eigenvalue weighted by atomic mass is 9.90.